The highest BCUT2D eigenvalue weighted by Gasteiger charge is 2.24. The minimum atomic E-state index is -0.187. The zero-order chi connectivity index (χ0) is 22.3. The molecule has 0 radical (unpaired) electrons. The standard InChI is InChI=1S/C23H39N7O2/c1-2-3-17-32-22-26-20(24)19-21(27-22)30(23(31)25-19)12-8-7-11-28-13-15-29(16-14-28)18-9-5-4-6-10-18/h18H,2-17H2,1H3,(H,25,31)(H2,24,26,27). The maximum atomic E-state index is 12.5. The van der Waals surface area contributed by atoms with Crippen molar-refractivity contribution >= 4 is 17.0 Å². The van der Waals surface area contributed by atoms with Crippen molar-refractivity contribution < 1.29 is 4.74 Å². The zero-order valence-electron chi connectivity index (χ0n) is 19.5. The fourth-order valence-corrected chi connectivity index (χ4v) is 5.01. The van der Waals surface area contributed by atoms with Gasteiger partial charge in [0.25, 0.3) is 0 Å². The van der Waals surface area contributed by atoms with Gasteiger partial charge in [-0.1, -0.05) is 32.6 Å². The van der Waals surface area contributed by atoms with Crippen molar-refractivity contribution in [2.24, 2.45) is 0 Å². The highest BCUT2D eigenvalue weighted by atomic mass is 16.5. The summed E-state index contributed by atoms with van der Waals surface area (Å²) in [6.45, 7) is 9.06. The summed E-state index contributed by atoms with van der Waals surface area (Å²) in [5, 5.41) is 0. The van der Waals surface area contributed by atoms with E-state index in [1.165, 1.54) is 45.2 Å². The van der Waals surface area contributed by atoms with Crippen molar-refractivity contribution in [3.63, 3.8) is 0 Å². The van der Waals surface area contributed by atoms with Gasteiger partial charge in [0.1, 0.15) is 5.52 Å². The number of nitrogen functional groups attached to an aromatic ring is 1. The molecule has 1 saturated carbocycles. The van der Waals surface area contributed by atoms with E-state index in [9.17, 15) is 4.79 Å². The van der Waals surface area contributed by atoms with Gasteiger partial charge in [-0.25, -0.2) is 4.79 Å². The number of aromatic amines is 1. The normalized spacial score (nSPS) is 19.0. The summed E-state index contributed by atoms with van der Waals surface area (Å²) >= 11 is 0. The highest BCUT2D eigenvalue weighted by molar-refractivity contribution is 5.81. The van der Waals surface area contributed by atoms with Crippen LogP contribution in [0.25, 0.3) is 11.2 Å². The van der Waals surface area contributed by atoms with E-state index in [0.717, 1.165) is 51.4 Å². The van der Waals surface area contributed by atoms with Crippen LogP contribution >= 0.6 is 0 Å². The third-order valence-corrected chi connectivity index (χ3v) is 6.96. The third-order valence-electron chi connectivity index (χ3n) is 6.96. The number of nitrogens with zero attached hydrogens (tertiary/aromatic N) is 5. The fraction of sp³-hybridized carbons (Fsp3) is 0.783. The van der Waals surface area contributed by atoms with E-state index < -0.39 is 0 Å². The van der Waals surface area contributed by atoms with Gasteiger partial charge in [0, 0.05) is 38.8 Å². The molecule has 2 aliphatic rings. The van der Waals surface area contributed by atoms with Gasteiger partial charge in [-0.3, -0.25) is 9.47 Å². The fourth-order valence-electron chi connectivity index (χ4n) is 5.01. The number of piperazine rings is 1. The Kier molecular flexibility index (Phi) is 8.02. The summed E-state index contributed by atoms with van der Waals surface area (Å²) in [5.41, 5.74) is 6.88. The lowest BCUT2D eigenvalue weighted by atomic mass is 9.94. The van der Waals surface area contributed by atoms with E-state index in [2.05, 4.69) is 31.7 Å². The van der Waals surface area contributed by atoms with Crippen molar-refractivity contribution in [3.8, 4) is 6.01 Å². The topological polar surface area (TPSA) is 105 Å². The van der Waals surface area contributed by atoms with Crippen molar-refractivity contribution in [1.82, 2.24) is 29.3 Å². The first-order valence-corrected chi connectivity index (χ1v) is 12.5. The summed E-state index contributed by atoms with van der Waals surface area (Å²) in [4.78, 5) is 29.2. The number of hydrogen-bond acceptors (Lipinski definition) is 7. The minimum absolute atomic E-state index is 0.187. The molecule has 0 aromatic carbocycles. The Bertz CT molecular complexity index is 911. The van der Waals surface area contributed by atoms with E-state index in [-0.39, 0.29) is 17.5 Å². The van der Waals surface area contributed by atoms with Gasteiger partial charge >= 0.3 is 11.7 Å². The molecule has 0 amide bonds. The Morgan fingerprint density at radius 2 is 1.78 bits per heavy atom. The average Bonchev–Trinajstić information content (AvgIpc) is 3.14. The summed E-state index contributed by atoms with van der Waals surface area (Å²) < 4.78 is 7.28. The number of nitrogens with one attached hydrogen (secondary N) is 1. The van der Waals surface area contributed by atoms with Gasteiger partial charge in [-0.2, -0.15) is 9.97 Å². The summed E-state index contributed by atoms with van der Waals surface area (Å²) in [5.74, 6) is 0.258. The lowest BCUT2D eigenvalue weighted by Crippen LogP contribution is -2.50. The molecule has 2 fully saturated rings. The quantitative estimate of drug-likeness (QED) is 0.542. The van der Waals surface area contributed by atoms with Crippen LogP contribution in [0.1, 0.15) is 64.7 Å². The monoisotopic (exact) mass is 445 g/mol. The van der Waals surface area contributed by atoms with Crippen LogP contribution < -0.4 is 16.2 Å². The Labute approximate surface area is 190 Å². The van der Waals surface area contributed by atoms with E-state index in [1.54, 1.807) is 4.57 Å². The molecule has 9 heteroatoms. The molecule has 1 aliphatic carbocycles. The van der Waals surface area contributed by atoms with Crippen molar-refractivity contribution in [2.75, 3.05) is 45.1 Å². The molecule has 2 aromatic rings. The number of rotatable bonds is 10. The maximum absolute atomic E-state index is 12.5. The average molecular weight is 446 g/mol. The molecular weight excluding hydrogens is 406 g/mol. The Morgan fingerprint density at radius 1 is 1.03 bits per heavy atom. The van der Waals surface area contributed by atoms with Gasteiger partial charge in [0.15, 0.2) is 11.5 Å². The summed E-state index contributed by atoms with van der Waals surface area (Å²) in [7, 11) is 0. The van der Waals surface area contributed by atoms with Crippen LogP contribution in [0.2, 0.25) is 0 Å². The molecule has 4 rings (SSSR count). The van der Waals surface area contributed by atoms with Gasteiger partial charge in [0.2, 0.25) is 0 Å². The van der Waals surface area contributed by atoms with Crippen LogP contribution in [0.15, 0.2) is 4.79 Å². The largest absolute Gasteiger partial charge is 0.463 e. The molecule has 0 spiro atoms. The highest BCUT2D eigenvalue weighted by Crippen LogP contribution is 2.23. The second-order valence-corrected chi connectivity index (χ2v) is 9.25. The Balaban J connectivity index is 1.26. The number of ether oxygens (including phenoxy) is 1. The van der Waals surface area contributed by atoms with Crippen LogP contribution in [0, 0.1) is 0 Å². The molecular formula is C23H39N7O2. The Morgan fingerprint density at radius 3 is 2.53 bits per heavy atom. The Hall–Kier alpha value is -2.13. The number of H-pyrrole nitrogens is 1. The first-order valence-electron chi connectivity index (χ1n) is 12.5. The van der Waals surface area contributed by atoms with Gasteiger partial charge in [0.05, 0.1) is 6.61 Å². The van der Waals surface area contributed by atoms with Crippen molar-refractivity contribution in [2.45, 2.75) is 77.3 Å². The van der Waals surface area contributed by atoms with Crippen LogP contribution in [0.4, 0.5) is 5.82 Å². The first kappa shape index (κ1) is 23.0. The number of hydrogen-bond donors (Lipinski definition) is 2. The first-order chi connectivity index (χ1) is 15.7. The van der Waals surface area contributed by atoms with E-state index in [0.29, 0.717) is 24.3 Å². The molecule has 1 aliphatic heterocycles. The number of imidazole rings is 1. The number of aromatic nitrogens is 4. The van der Waals surface area contributed by atoms with Crippen LogP contribution in [0.5, 0.6) is 6.01 Å². The molecule has 0 unspecified atom stereocenters. The molecule has 0 atom stereocenters. The van der Waals surface area contributed by atoms with E-state index >= 15 is 0 Å². The number of aryl methyl sites for hydroxylation is 1. The summed E-state index contributed by atoms with van der Waals surface area (Å²) in [6, 6.07) is 1.07. The predicted octanol–water partition coefficient (Wildman–Crippen LogP) is 2.61. The van der Waals surface area contributed by atoms with Crippen LogP contribution in [0.3, 0.4) is 0 Å². The zero-order valence-corrected chi connectivity index (χ0v) is 19.5. The molecule has 9 nitrogen and oxygen atoms in total. The number of anilines is 1. The van der Waals surface area contributed by atoms with Gasteiger partial charge in [-0.05, 0) is 38.6 Å². The van der Waals surface area contributed by atoms with E-state index in [4.69, 9.17) is 10.5 Å². The molecule has 1 saturated heterocycles. The van der Waals surface area contributed by atoms with Crippen molar-refractivity contribution in [1.29, 1.82) is 0 Å². The van der Waals surface area contributed by atoms with Gasteiger partial charge < -0.3 is 20.4 Å². The molecule has 178 valence electrons. The lowest BCUT2D eigenvalue weighted by molar-refractivity contribution is 0.0780. The second kappa shape index (κ2) is 11.1. The number of unbranched alkanes of at least 4 members (excludes halogenated alkanes) is 2. The van der Waals surface area contributed by atoms with Gasteiger partial charge in [-0.15, -0.1) is 0 Å². The van der Waals surface area contributed by atoms with E-state index in [1.807, 2.05) is 0 Å². The van der Waals surface area contributed by atoms with Crippen LogP contribution in [-0.2, 0) is 6.54 Å². The molecule has 3 N–H and O–H groups in total. The second-order valence-electron chi connectivity index (χ2n) is 9.25. The molecule has 2 aromatic heterocycles. The predicted molar refractivity (Wildman–Crippen MR) is 127 cm³/mol. The minimum Gasteiger partial charge on any atom is -0.463 e. The summed E-state index contributed by atoms with van der Waals surface area (Å²) in [6.07, 6.45) is 10.9. The number of nitrogens with two attached hydrogens (primary N) is 1. The molecule has 0 bridgehead atoms. The van der Waals surface area contributed by atoms with Crippen LogP contribution in [-0.4, -0.2) is 74.7 Å². The SMILES string of the molecule is CCCCOc1nc(N)c2[nH]c(=O)n(CCCCN3CCN(C4CCCCC4)CC3)c2n1. The lowest BCUT2D eigenvalue weighted by Gasteiger charge is -2.40. The number of fused-ring (bicyclic) bond motifs is 1. The molecule has 32 heavy (non-hydrogen) atoms. The molecule has 3 heterocycles. The maximum Gasteiger partial charge on any atom is 0.327 e. The third kappa shape index (κ3) is 5.61. The van der Waals surface area contributed by atoms with Crippen molar-refractivity contribution in [3.05, 3.63) is 10.5 Å². The smallest absolute Gasteiger partial charge is 0.327 e.